The van der Waals surface area contributed by atoms with Gasteiger partial charge in [-0.3, -0.25) is 4.79 Å². The Bertz CT molecular complexity index is 383. The normalized spacial score (nSPS) is 20.4. The van der Waals surface area contributed by atoms with Crippen LogP contribution in [0.3, 0.4) is 0 Å². The molecule has 16 heavy (non-hydrogen) atoms. The van der Waals surface area contributed by atoms with Crippen LogP contribution in [-0.2, 0) is 6.54 Å². The third-order valence-corrected chi connectivity index (χ3v) is 2.99. The second kappa shape index (κ2) is 4.29. The first kappa shape index (κ1) is 11.2. The fourth-order valence-electron chi connectivity index (χ4n) is 2.23. The lowest BCUT2D eigenvalue weighted by atomic mass is 10.1. The SMILES string of the molecule is CC(C)CN1C(=O)c2cccn2CC1CN. The van der Waals surface area contributed by atoms with Crippen molar-refractivity contribution in [3.63, 3.8) is 0 Å². The van der Waals surface area contributed by atoms with Gasteiger partial charge < -0.3 is 15.2 Å². The summed E-state index contributed by atoms with van der Waals surface area (Å²) in [6.45, 7) is 6.36. The summed E-state index contributed by atoms with van der Waals surface area (Å²) in [7, 11) is 0. The molecule has 0 fully saturated rings. The molecule has 0 aliphatic carbocycles. The van der Waals surface area contributed by atoms with Crippen LogP contribution in [0.4, 0.5) is 0 Å². The molecule has 4 nitrogen and oxygen atoms in total. The van der Waals surface area contributed by atoms with Crippen molar-refractivity contribution < 1.29 is 4.79 Å². The fourth-order valence-corrected chi connectivity index (χ4v) is 2.23. The minimum atomic E-state index is 0.111. The quantitative estimate of drug-likeness (QED) is 0.825. The predicted octanol–water partition coefficient (Wildman–Crippen LogP) is 0.927. The molecule has 0 saturated heterocycles. The average Bonchev–Trinajstić information content (AvgIpc) is 2.69. The van der Waals surface area contributed by atoms with Crippen molar-refractivity contribution in [2.45, 2.75) is 26.4 Å². The molecule has 0 radical (unpaired) electrons. The van der Waals surface area contributed by atoms with Gasteiger partial charge in [0.1, 0.15) is 5.69 Å². The van der Waals surface area contributed by atoms with Gasteiger partial charge in [-0.25, -0.2) is 0 Å². The Kier molecular flexibility index (Phi) is 3.01. The van der Waals surface area contributed by atoms with E-state index in [1.54, 1.807) is 0 Å². The number of carbonyl (C=O) groups excluding carboxylic acids is 1. The lowest BCUT2D eigenvalue weighted by Gasteiger charge is -2.37. The monoisotopic (exact) mass is 221 g/mol. The molecule has 0 aromatic carbocycles. The van der Waals surface area contributed by atoms with Crippen LogP contribution in [0.1, 0.15) is 24.3 Å². The standard InChI is InChI=1S/C12H19N3O/c1-9(2)7-15-10(6-13)8-14-5-3-4-11(14)12(15)16/h3-5,9-10H,6-8,13H2,1-2H3. The van der Waals surface area contributed by atoms with Gasteiger partial charge in [-0.05, 0) is 18.1 Å². The van der Waals surface area contributed by atoms with Crippen LogP contribution in [0.5, 0.6) is 0 Å². The van der Waals surface area contributed by atoms with Crippen LogP contribution in [0.2, 0.25) is 0 Å². The van der Waals surface area contributed by atoms with Crippen LogP contribution >= 0.6 is 0 Å². The predicted molar refractivity (Wildman–Crippen MR) is 63.1 cm³/mol. The molecule has 1 aromatic heterocycles. The molecule has 0 bridgehead atoms. The molecule has 0 saturated carbocycles. The van der Waals surface area contributed by atoms with Crippen molar-refractivity contribution in [1.82, 2.24) is 9.47 Å². The van der Waals surface area contributed by atoms with Crippen molar-refractivity contribution in [1.29, 1.82) is 0 Å². The molecule has 1 unspecified atom stereocenters. The number of aromatic nitrogens is 1. The van der Waals surface area contributed by atoms with E-state index in [2.05, 4.69) is 13.8 Å². The number of amides is 1. The average molecular weight is 221 g/mol. The first-order valence-electron chi connectivity index (χ1n) is 5.79. The highest BCUT2D eigenvalue weighted by Crippen LogP contribution is 2.19. The number of fused-ring (bicyclic) bond motifs is 1. The maximum absolute atomic E-state index is 12.2. The fraction of sp³-hybridized carbons (Fsp3) is 0.583. The number of carbonyl (C=O) groups is 1. The third kappa shape index (κ3) is 1.85. The summed E-state index contributed by atoms with van der Waals surface area (Å²) in [6.07, 6.45) is 1.95. The van der Waals surface area contributed by atoms with E-state index < -0.39 is 0 Å². The van der Waals surface area contributed by atoms with Crippen LogP contribution in [0.25, 0.3) is 0 Å². The van der Waals surface area contributed by atoms with Gasteiger partial charge in [-0.2, -0.15) is 0 Å². The summed E-state index contributed by atoms with van der Waals surface area (Å²) in [4.78, 5) is 14.1. The van der Waals surface area contributed by atoms with Crippen molar-refractivity contribution in [2.24, 2.45) is 11.7 Å². The zero-order chi connectivity index (χ0) is 11.7. The van der Waals surface area contributed by atoms with Gasteiger partial charge in [0, 0.05) is 25.8 Å². The lowest BCUT2D eigenvalue weighted by Crippen LogP contribution is -2.52. The highest BCUT2D eigenvalue weighted by molar-refractivity contribution is 5.93. The van der Waals surface area contributed by atoms with E-state index in [9.17, 15) is 4.79 Å². The topological polar surface area (TPSA) is 51.3 Å². The van der Waals surface area contributed by atoms with E-state index in [0.717, 1.165) is 18.8 Å². The van der Waals surface area contributed by atoms with E-state index in [-0.39, 0.29) is 11.9 Å². The highest BCUT2D eigenvalue weighted by Gasteiger charge is 2.31. The Hall–Kier alpha value is -1.29. The summed E-state index contributed by atoms with van der Waals surface area (Å²) in [5, 5.41) is 0. The Morgan fingerprint density at radius 1 is 1.56 bits per heavy atom. The van der Waals surface area contributed by atoms with Gasteiger partial charge in [0.2, 0.25) is 0 Å². The molecule has 2 N–H and O–H groups in total. The zero-order valence-electron chi connectivity index (χ0n) is 9.89. The molecule has 1 aliphatic rings. The third-order valence-electron chi connectivity index (χ3n) is 2.99. The highest BCUT2D eigenvalue weighted by atomic mass is 16.2. The molecular weight excluding hydrogens is 202 g/mol. The van der Waals surface area contributed by atoms with E-state index >= 15 is 0 Å². The zero-order valence-corrected chi connectivity index (χ0v) is 9.89. The molecule has 4 heteroatoms. The Morgan fingerprint density at radius 2 is 2.31 bits per heavy atom. The van der Waals surface area contributed by atoms with Crippen LogP contribution < -0.4 is 5.73 Å². The van der Waals surface area contributed by atoms with Gasteiger partial charge in [-0.15, -0.1) is 0 Å². The van der Waals surface area contributed by atoms with Crippen LogP contribution in [0.15, 0.2) is 18.3 Å². The second-order valence-corrected chi connectivity index (χ2v) is 4.79. The maximum Gasteiger partial charge on any atom is 0.270 e. The number of rotatable bonds is 3. The summed E-state index contributed by atoms with van der Waals surface area (Å²) in [5.74, 6) is 0.583. The minimum absolute atomic E-state index is 0.111. The van der Waals surface area contributed by atoms with E-state index in [1.165, 1.54) is 0 Å². The lowest BCUT2D eigenvalue weighted by molar-refractivity contribution is 0.0573. The van der Waals surface area contributed by atoms with E-state index in [0.29, 0.717) is 12.5 Å². The largest absolute Gasteiger partial charge is 0.341 e. The van der Waals surface area contributed by atoms with Crippen molar-refractivity contribution in [3.8, 4) is 0 Å². The Balaban J connectivity index is 2.27. The number of nitrogens with zero attached hydrogens (tertiary/aromatic N) is 2. The van der Waals surface area contributed by atoms with E-state index in [4.69, 9.17) is 5.73 Å². The minimum Gasteiger partial charge on any atom is -0.341 e. The second-order valence-electron chi connectivity index (χ2n) is 4.79. The first-order valence-corrected chi connectivity index (χ1v) is 5.79. The van der Waals surface area contributed by atoms with Gasteiger partial charge in [0.05, 0.1) is 6.04 Å². The number of hydrogen-bond donors (Lipinski definition) is 1. The molecule has 1 atom stereocenters. The maximum atomic E-state index is 12.2. The summed E-state index contributed by atoms with van der Waals surface area (Å²) < 4.78 is 2.00. The molecule has 2 heterocycles. The molecule has 2 rings (SSSR count). The van der Waals surface area contributed by atoms with E-state index in [1.807, 2.05) is 27.8 Å². The molecule has 0 spiro atoms. The molecular formula is C12H19N3O. The molecule has 88 valence electrons. The molecule has 1 aromatic rings. The van der Waals surface area contributed by atoms with Crippen molar-refractivity contribution in [2.75, 3.05) is 13.1 Å². The van der Waals surface area contributed by atoms with Gasteiger partial charge in [-0.1, -0.05) is 13.8 Å². The first-order chi connectivity index (χ1) is 7.63. The van der Waals surface area contributed by atoms with Gasteiger partial charge >= 0.3 is 0 Å². The number of hydrogen-bond acceptors (Lipinski definition) is 2. The van der Waals surface area contributed by atoms with Crippen molar-refractivity contribution >= 4 is 5.91 Å². The Morgan fingerprint density at radius 3 is 2.94 bits per heavy atom. The summed E-state index contributed by atoms with van der Waals surface area (Å²) in [6, 6.07) is 3.93. The van der Waals surface area contributed by atoms with Crippen LogP contribution in [0, 0.1) is 5.92 Å². The Labute approximate surface area is 96.0 Å². The number of nitrogens with two attached hydrogens (primary N) is 1. The summed E-state index contributed by atoms with van der Waals surface area (Å²) >= 11 is 0. The van der Waals surface area contributed by atoms with Crippen LogP contribution in [-0.4, -0.2) is 34.5 Å². The summed E-state index contributed by atoms with van der Waals surface area (Å²) in [5.41, 5.74) is 6.53. The molecule has 1 amide bonds. The van der Waals surface area contributed by atoms with Gasteiger partial charge in [0.25, 0.3) is 5.91 Å². The smallest absolute Gasteiger partial charge is 0.270 e. The molecule has 1 aliphatic heterocycles. The van der Waals surface area contributed by atoms with Gasteiger partial charge in [0.15, 0.2) is 0 Å². The van der Waals surface area contributed by atoms with Crippen molar-refractivity contribution in [3.05, 3.63) is 24.0 Å².